The third-order valence-corrected chi connectivity index (χ3v) is 9.59. The molecule has 4 heteroatoms. The van der Waals surface area contributed by atoms with Crippen LogP contribution in [0, 0.1) is 0 Å². The van der Waals surface area contributed by atoms with Crippen LogP contribution in [0.15, 0.2) is 120 Å². The number of rotatable bonds is 5. The lowest BCUT2D eigenvalue weighted by Gasteiger charge is -2.26. The Kier molecular flexibility index (Phi) is 5.99. The second-order valence-electron chi connectivity index (χ2n) is 7.05. The smallest absolute Gasteiger partial charge is 0.234 e. The number of benzene rings is 4. The Morgan fingerprint density at radius 3 is 1.47 bits per heavy atom. The monoisotopic (exact) mass is 429 g/mol. The molecular formula is C26H21ClNOP. The van der Waals surface area contributed by atoms with Gasteiger partial charge in [0.05, 0.1) is 0 Å². The first-order chi connectivity index (χ1) is 14.4. The van der Waals surface area contributed by atoms with Gasteiger partial charge in [0.25, 0.3) is 0 Å². The Balaban J connectivity index is 0.00000218. The normalized spacial score (nSPS) is 11.2. The van der Waals surface area contributed by atoms with Gasteiger partial charge in [-0.3, -0.25) is 0 Å². The van der Waals surface area contributed by atoms with Crippen molar-refractivity contribution in [1.82, 2.24) is 4.98 Å². The first kappa shape index (κ1) is 20.3. The van der Waals surface area contributed by atoms with Crippen LogP contribution in [0.4, 0.5) is 0 Å². The van der Waals surface area contributed by atoms with E-state index >= 15 is 0 Å². The topological polar surface area (TPSA) is 26.0 Å². The van der Waals surface area contributed by atoms with Gasteiger partial charge in [-0.1, -0.05) is 66.7 Å². The summed E-state index contributed by atoms with van der Waals surface area (Å²) in [5.74, 6) is 0.788. The van der Waals surface area contributed by atoms with Gasteiger partial charge in [-0.05, 0) is 48.5 Å². The van der Waals surface area contributed by atoms with Gasteiger partial charge < -0.3 is 16.8 Å². The molecule has 0 saturated heterocycles. The van der Waals surface area contributed by atoms with Crippen molar-refractivity contribution in [2.45, 2.75) is 6.16 Å². The van der Waals surface area contributed by atoms with Gasteiger partial charge in [0.2, 0.25) is 5.89 Å². The third-order valence-electron chi connectivity index (χ3n) is 5.30. The number of halogens is 1. The molecule has 5 aromatic rings. The van der Waals surface area contributed by atoms with Crippen molar-refractivity contribution in [3.63, 3.8) is 0 Å². The third kappa shape index (κ3) is 3.65. The summed E-state index contributed by atoms with van der Waals surface area (Å²) in [5, 5.41) is 4.00. The number of aromatic nitrogens is 1. The van der Waals surface area contributed by atoms with Crippen LogP contribution >= 0.6 is 7.26 Å². The highest BCUT2D eigenvalue weighted by Gasteiger charge is 2.46. The summed E-state index contributed by atoms with van der Waals surface area (Å²) in [7, 11) is -1.99. The van der Waals surface area contributed by atoms with Gasteiger partial charge >= 0.3 is 0 Å². The molecule has 0 bridgehead atoms. The molecule has 0 saturated carbocycles. The van der Waals surface area contributed by atoms with Crippen molar-refractivity contribution in [2.75, 3.05) is 0 Å². The molecule has 0 fully saturated rings. The molecule has 0 radical (unpaired) electrons. The van der Waals surface area contributed by atoms with Gasteiger partial charge in [-0.15, -0.1) is 0 Å². The average molecular weight is 430 g/mol. The van der Waals surface area contributed by atoms with Crippen molar-refractivity contribution in [3.8, 4) is 0 Å². The number of nitrogens with zero attached hydrogens (tertiary/aromatic N) is 1. The summed E-state index contributed by atoms with van der Waals surface area (Å²) < 4.78 is 6.20. The minimum atomic E-state index is -1.99. The van der Waals surface area contributed by atoms with Gasteiger partial charge in [0.1, 0.15) is 34.9 Å². The number of fused-ring (bicyclic) bond motifs is 1. The zero-order valence-corrected chi connectivity index (χ0v) is 18.0. The minimum absolute atomic E-state index is 0. The maximum atomic E-state index is 6.20. The molecule has 4 aromatic carbocycles. The second kappa shape index (κ2) is 8.83. The summed E-state index contributed by atoms with van der Waals surface area (Å²) >= 11 is 0. The zero-order valence-electron chi connectivity index (χ0n) is 16.4. The average Bonchev–Trinajstić information content (AvgIpc) is 3.22. The van der Waals surface area contributed by atoms with Crippen LogP contribution in [0.5, 0.6) is 0 Å². The van der Waals surface area contributed by atoms with Crippen LogP contribution < -0.4 is 28.3 Å². The molecule has 0 spiro atoms. The van der Waals surface area contributed by atoms with Gasteiger partial charge in [-0.25, -0.2) is 4.98 Å². The van der Waals surface area contributed by atoms with Gasteiger partial charge in [-0.2, -0.15) is 0 Å². The first-order valence-corrected chi connectivity index (χ1v) is 11.7. The van der Waals surface area contributed by atoms with E-state index in [1.165, 1.54) is 15.9 Å². The van der Waals surface area contributed by atoms with Crippen LogP contribution in [0.25, 0.3) is 11.1 Å². The largest absolute Gasteiger partial charge is 1.00 e. The summed E-state index contributed by atoms with van der Waals surface area (Å²) in [6, 6.07) is 40.5. The molecule has 2 nitrogen and oxygen atoms in total. The SMILES string of the molecule is [Cl-].c1ccc([P+](Cc2nc3ccccc3o2)(c2ccccc2)c2ccccc2)cc1. The molecule has 5 rings (SSSR count). The van der Waals surface area contributed by atoms with E-state index < -0.39 is 7.26 Å². The van der Waals surface area contributed by atoms with E-state index in [1.807, 2.05) is 24.3 Å². The van der Waals surface area contributed by atoms with Gasteiger partial charge in [0.15, 0.2) is 5.58 Å². The van der Waals surface area contributed by atoms with Crippen LogP contribution in [-0.2, 0) is 6.16 Å². The van der Waals surface area contributed by atoms with E-state index in [-0.39, 0.29) is 12.4 Å². The molecule has 0 aliphatic heterocycles. The quantitative estimate of drug-likeness (QED) is 0.401. The van der Waals surface area contributed by atoms with E-state index in [1.54, 1.807) is 0 Å². The number of hydrogen-bond acceptors (Lipinski definition) is 2. The lowest BCUT2D eigenvalue weighted by molar-refractivity contribution is -0.00000635. The van der Waals surface area contributed by atoms with Crippen molar-refractivity contribution >= 4 is 34.3 Å². The molecule has 0 atom stereocenters. The summed E-state index contributed by atoms with van der Waals surface area (Å²) in [6.45, 7) is 0. The molecule has 0 amide bonds. The lowest BCUT2D eigenvalue weighted by Crippen LogP contribution is -3.00. The number of oxazole rings is 1. The van der Waals surface area contributed by atoms with E-state index in [4.69, 9.17) is 9.40 Å². The molecule has 1 heterocycles. The van der Waals surface area contributed by atoms with E-state index in [2.05, 4.69) is 91.0 Å². The fourth-order valence-electron chi connectivity index (χ4n) is 3.96. The fourth-order valence-corrected chi connectivity index (χ4v) is 7.99. The first-order valence-electron chi connectivity index (χ1n) is 9.76. The standard InChI is InChI=1S/C26H21NOP.ClH/c1-4-12-21(13-5-1)29(22-14-6-2-7-15-22,23-16-8-3-9-17-23)20-26-27-24-18-10-11-19-25(24)28-26;/h1-19H,20H2;1H/q+1;/p-1. The van der Waals surface area contributed by atoms with Crippen LogP contribution in [0.3, 0.4) is 0 Å². The van der Waals surface area contributed by atoms with Crippen LogP contribution in [-0.4, -0.2) is 4.98 Å². The number of para-hydroxylation sites is 2. The maximum Gasteiger partial charge on any atom is 0.234 e. The highest BCUT2D eigenvalue weighted by molar-refractivity contribution is 7.95. The molecule has 148 valence electrons. The molecule has 0 N–H and O–H groups in total. The van der Waals surface area contributed by atoms with E-state index in [0.717, 1.165) is 23.2 Å². The van der Waals surface area contributed by atoms with Crippen molar-refractivity contribution in [3.05, 3.63) is 121 Å². The highest BCUT2D eigenvalue weighted by Crippen LogP contribution is 2.58. The summed E-state index contributed by atoms with van der Waals surface area (Å²) in [6.07, 6.45) is 0.750. The molecule has 0 unspecified atom stereocenters. The predicted molar refractivity (Wildman–Crippen MR) is 123 cm³/mol. The Bertz CT molecular complexity index is 1090. The molecule has 30 heavy (non-hydrogen) atoms. The molecule has 1 aromatic heterocycles. The van der Waals surface area contributed by atoms with Crippen LogP contribution in [0.2, 0.25) is 0 Å². The van der Waals surface area contributed by atoms with E-state index in [0.29, 0.717) is 0 Å². The van der Waals surface area contributed by atoms with Crippen LogP contribution in [0.1, 0.15) is 5.89 Å². The Hall–Kier alpha value is -2.93. The predicted octanol–water partition coefficient (Wildman–Crippen LogP) is 2.33. The Labute approximate surface area is 183 Å². The Morgan fingerprint density at radius 1 is 0.567 bits per heavy atom. The van der Waals surface area contributed by atoms with Crippen molar-refractivity contribution in [1.29, 1.82) is 0 Å². The lowest BCUT2D eigenvalue weighted by atomic mass is 10.3. The van der Waals surface area contributed by atoms with Crippen molar-refractivity contribution in [2.24, 2.45) is 0 Å². The highest BCUT2D eigenvalue weighted by atomic mass is 35.5. The maximum absolute atomic E-state index is 6.20. The Morgan fingerprint density at radius 2 is 1.00 bits per heavy atom. The van der Waals surface area contributed by atoms with Crippen molar-refractivity contribution < 1.29 is 16.8 Å². The summed E-state index contributed by atoms with van der Waals surface area (Å²) in [4.78, 5) is 4.84. The molecule has 0 aliphatic rings. The second-order valence-corrected chi connectivity index (χ2v) is 10.5. The zero-order chi connectivity index (χ0) is 19.5. The minimum Gasteiger partial charge on any atom is -1.00 e. The number of hydrogen-bond donors (Lipinski definition) is 0. The molecular weight excluding hydrogens is 409 g/mol. The van der Waals surface area contributed by atoms with E-state index in [9.17, 15) is 0 Å². The summed E-state index contributed by atoms with van der Waals surface area (Å²) in [5.41, 5.74) is 1.75. The molecule has 0 aliphatic carbocycles. The fraction of sp³-hybridized carbons (Fsp3) is 0.0385. The van der Waals surface area contributed by atoms with Gasteiger partial charge in [0, 0.05) is 0 Å².